The molecule has 0 radical (unpaired) electrons. The second-order valence-electron chi connectivity index (χ2n) is 5.19. The summed E-state index contributed by atoms with van der Waals surface area (Å²) in [5.41, 5.74) is 4.62. The van der Waals surface area contributed by atoms with Crippen molar-refractivity contribution in [2.75, 3.05) is 0 Å². The van der Waals surface area contributed by atoms with Crippen LogP contribution in [-0.4, -0.2) is 5.97 Å². The maximum Gasteiger partial charge on any atom is 0.0645 e. The Balaban J connectivity index is 2.06. The van der Waals surface area contributed by atoms with E-state index in [-0.39, 0.29) is 0 Å². The summed E-state index contributed by atoms with van der Waals surface area (Å²) in [5.74, 6) is -1.16. The lowest BCUT2D eigenvalue weighted by molar-refractivity contribution is -0.297. The normalized spacial score (nSPS) is 14.3. The lowest BCUT2D eigenvalue weighted by atomic mass is 9.99. The van der Waals surface area contributed by atoms with Gasteiger partial charge in [0.05, 0.1) is 5.97 Å². The summed E-state index contributed by atoms with van der Waals surface area (Å²) in [6.07, 6.45) is 7.12. The minimum absolute atomic E-state index is 0.674. The van der Waals surface area contributed by atoms with E-state index in [2.05, 4.69) is 30.3 Å². The fourth-order valence-electron chi connectivity index (χ4n) is 2.87. The number of benzene rings is 2. The number of carboxylic acids is 1. The molecule has 0 heterocycles. The van der Waals surface area contributed by atoms with Crippen molar-refractivity contribution in [3.63, 3.8) is 0 Å². The summed E-state index contributed by atoms with van der Waals surface area (Å²) in [5, 5.41) is 13.1. The van der Waals surface area contributed by atoms with Gasteiger partial charge in [-0.3, -0.25) is 0 Å². The van der Waals surface area contributed by atoms with Crippen molar-refractivity contribution in [3.8, 4) is 0 Å². The van der Waals surface area contributed by atoms with Crippen LogP contribution in [0.4, 0.5) is 0 Å². The molecule has 3 rings (SSSR count). The smallest absolute Gasteiger partial charge is 0.0645 e. The van der Waals surface area contributed by atoms with Crippen molar-refractivity contribution >= 4 is 22.8 Å². The SMILES string of the molecule is CC(/C=C/c1ccc2c3c(cccc13)CC2)=C\C(=O)[O-]. The Hall–Kier alpha value is -2.35. The predicted molar refractivity (Wildman–Crippen MR) is 79.2 cm³/mol. The van der Waals surface area contributed by atoms with Gasteiger partial charge in [-0.2, -0.15) is 0 Å². The molecular weight excluding hydrogens is 248 g/mol. The molecule has 0 fully saturated rings. The van der Waals surface area contributed by atoms with Gasteiger partial charge < -0.3 is 9.90 Å². The highest BCUT2D eigenvalue weighted by molar-refractivity contribution is 5.96. The van der Waals surface area contributed by atoms with E-state index >= 15 is 0 Å². The van der Waals surface area contributed by atoms with Crippen LogP contribution in [0, 0.1) is 0 Å². The molecule has 0 aromatic heterocycles. The van der Waals surface area contributed by atoms with Crippen LogP contribution >= 0.6 is 0 Å². The first-order valence-electron chi connectivity index (χ1n) is 6.76. The average Bonchev–Trinajstić information content (AvgIpc) is 2.83. The molecule has 0 amide bonds. The van der Waals surface area contributed by atoms with Gasteiger partial charge in [-0.1, -0.05) is 42.5 Å². The van der Waals surface area contributed by atoms with Crippen molar-refractivity contribution in [3.05, 3.63) is 64.7 Å². The first-order valence-corrected chi connectivity index (χ1v) is 6.76. The van der Waals surface area contributed by atoms with E-state index in [4.69, 9.17) is 0 Å². The van der Waals surface area contributed by atoms with Gasteiger partial charge in [0.2, 0.25) is 0 Å². The molecule has 2 nitrogen and oxygen atoms in total. The number of aliphatic carboxylic acids is 1. The second-order valence-corrected chi connectivity index (χ2v) is 5.19. The third-order valence-electron chi connectivity index (χ3n) is 3.78. The molecule has 2 aromatic rings. The van der Waals surface area contributed by atoms with Gasteiger partial charge in [-0.05, 0) is 58.9 Å². The van der Waals surface area contributed by atoms with Crippen LogP contribution in [0.25, 0.3) is 16.8 Å². The fraction of sp³-hybridized carbons (Fsp3) is 0.167. The number of hydrogen-bond acceptors (Lipinski definition) is 2. The molecule has 0 unspecified atom stereocenters. The molecule has 0 saturated carbocycles. The summed E-state index contributed by atoms with van der Waals surface area (Å²) in [7, 11) is 0. The number of carboxylic acid groups (broad SMARTS) is 1. The van der Waals surface area contributed by atoms with Gasteiger partial charge >= 0.3 is 0 Å². The lowest BCUT2D eigenvalue weighted by Crippen LogP contribution is -2.19. The Morgan fingerprint density at radius 2 is 1.90 bits per heavy atom. The Bertz CT molecular complexity index is 741. The first kappa shape index (κ1) is 12.7. The van der Waals surface area contributed by atoms with Crippen LogP contribution in [-0.2, 0) is 17.6 Å². The summed E-state index contributed by atoms with van der Waals surface area (Å²) in [6, 6.07) is 10.7. The van der Waals surface area contributed by atoms with Gasteiger partial charge in [0.1, 0.15) is 0 Å². The van der Waals surface area contributed by atoms with Crippen LogP contribution in [0.2, 0.25) is 0 Å². The Kier molecular flexibility index (Phi) is 3.15. The van der Waals surface area contributed by atoms with Crippen molar-refractivity contribution in [2.24, 2.45) is 0 Å². The van der Waals surface area contributed by atoms with E-state index < -0.39 is 5.97 Å². The molecule has 0 aliphatic heterocycles. The maximum atomic E-state index is 10.5. The van der Waals surface area contributed by atoms with E-state index in [9.17, 15) is 9.90 Å². The van der Waals surface area contributed by atoms with Crippen LogP contribution in [0.15, 0.2) is 48.1 Å². The molecule has 0 saturated heterocycles. The highest BCUT2D eigenvalue weighted by Gasteiger charge is 2.14. The minimum atomic E-state index is -1.16. The topological polar surface area (TPSA) is 40.1 Å². The van der Waals surface area contributed by atoms with Crippen LogP contribution in [0.1, 0.15) is 23.6 Å². The van der Waals surface area contributed by atoms with Crippen LogP contribution < -0.4 is 5.11 Å². The summed E-state index contributed by atoms with van der Waals surface area (Å²) < 4.78 is 0. The number of carbonyl (C=O) groups excluding carboxylic acids is 1. The van der Waals surface area contributed by atoms with E-state index in [1.807, 2.05) is 12.2 Å². The summed E-state index contributed by atoms with van der Waals surface area (Å²) >= 11 is 0. The molecule has 0 spiro atoms. The number of hydrogen-bond donors (Lipinski definition) is 0. The molecule has 0 bridgehead atoms. The Morgan fingerprint density at radius 1 is 1.15 bits per heavy atom. The van der Waals surface area contributed by atoms with E-state index in [1.54, 1.807) is 6.92 Å². The zero-order valence-electron chi connectivity index (χ0n) is 11.3. The molecule has 1 aliphatic rings. The standard InChI is InChI=1S/C18H16O2/c1-12(11-17(19)20)5-6-13-7-8-15-10-9-14-3-2-4-16(13)18(14)15/h2-8,11H,9-10H2,1H3,(H,19,20)/p-1/b6-5+,12-11+. The molecule has 2 aromatic carbocycles. The summed E-state index contributed by atoms with van der Waals surface area (Å²) in [4.78, 5) is 10.5. The van der Waals surface area contributed by atoms with Gasteiger partial charge in [0.15, 0.2) is 0 Å². The largest absolute Gasteiger partial charge is 0.545 e. The molecule has 2 heteroatoms. The summed E-state index contributed by atoms with van der Waals surface area (Å²) in [6.45, 7) is 1.76. The van der Waals surface area contributed by atoms with Gasteiger partial charge in [0.25, 0.3) is 0 Å². The van der Waals surface area contributed by atoms with E-state index in [1.165, 1.54) is 21.9 Å². The number of rotatable bonds is 3. The second kappa shape index (κ2) is 4.97. The number of aryl methyl sites for hydroxylation is 2. The van der Waals surface area contributed by atoms with Gasteiger partial charge in [-0.25, -0.2) is 0 Å². The van der Waals surface area contributed by atoms with E-state index in [0.717, 1.165) is 24.5 Å². The Labute approximate surface area is 118 Å². The highest BCUT2D eigenvalue weighted by Crippen LogP contribution is 2.33. The monoisotopic (exact) mass is 263 g/mol. The van der Waals surface area contributed by atoms with Gasteiger partial charge in [0, 0.05) is 0 Å². The fourth-order valence-corrected chi connectivity index (χ4v) is 2.87. The predicted octanol–water partition coefficient (Wildman–Crippen LogP) is 2.65. The number of allylic oxidation sites excluding steroid dienone is 2. The molecular formula is C18H15O2-. The van der Waals surface area contributed by atoms with Gasteiger partial charge in [-0.15, -0.1) is 0 Å². The third kappa shape index (κ3) is 2.25. The number of carbonyl (C=O) groups is 1. The lowest BCUT2D eigenvalue weighted by Gasteiger charge is -2.05. The molecule has 1 aliphatic carbocycles. The van der Waals surface area contributed by atoms with Crippen molar-refractivity contribution in [1.29, 1.82) is 0 Å². The van der Waals surface area contributed by atoms with Crippen LogP contribution in [0.5, 0.6) is 0 Å². The quantitative estimate of drug-likeness (QED) is 0.631. The molecule has 0 atom stereocenters. The Morgan fingerprint density at radius 3 is 2.65 bits per heavy atom. The zero-order valence-corrected chi connectivity index (χ0v) is 11.3. The van der Waals surface area contributed by atoms with Crippen LogP contribution in [0.3, 0.4) is 0 Å². The minimum Gasteiger partial charge on any atom is -0.545 e. The molecule has 100 valence electrons. The van der Waals surface area contributed by atoms with Crippen molar-refractivity contribution < 1.29 is 9.90 Å². The average molecular weight is 263 g/mol. The van der Waals surface area contributed by atoms with E-state index in [0.29, 0.717) is 5.57 Å². The van der Waals surface area contributed by atoms with Crippen molar-refractivity contribution in [2.45, 2.75) is 19.8 Å². The maximum absolute atomic E-state index is 10.5. The zero-order chi connectivity index (χ0) is 14.1. The molecule has 20 heavy (non-hydrogen) atoms. The molecule has 0 N–H and O–H groups in total. The first-order chi connectivity index (χ1) is 9.65. The highest BCUT2D eigenvalue weighted by atomic mass is 16.4. The van der Waals surface area contributed by atoms with Crippen molar-refractivity contribution in [1.82, 2.24) is 0 Å². The third-order valence-corrected chi connectivity index (χ3v) is 3.78.